The van der Waals surface area contributed by atoms with E-state index in [1.54, 1.807) is 37.3 Å². The van der Waals surface area contributed by atoms with Crippen LogP contribution in [0, 0.1) is 0 Å². The lowest BCUT2D eigenvalue weighted by atomic mass is 10.3. The number of methoxy groups -OCH3 is 2. The number of urea groups is 1. The van der Waals surface area contributed by atoms with Crippen LogP contribution in [0.3, 0.4) is 0 Å². The van der Waals surface area contributed by atoms with Crippen molar-refractivity contribution in [3.63, 3.8) is 0 Å². The van der Waals surface area contributed by atoms with Crippen molar-refractivity contribution in [1.82, 2.24) is 4.90 Å². The standard InChI is InChI=1S/C14H20N2O5/c1-18-7-5-16(6-8-19-2)14(17)15-11-3-4-12-13(9-11)21-10-20-12/h3-4,9H,5-8,10H2,1-2H3,(H,15,17). The fourth-order valence-corrected chi connectivity index (χ4v) is 1.89. The van der Waals surface area contributed by atoms with Gasteiger partial charge in [0.1, 0.15) is 0 Å². The molecule has 7 nitrogen and oxygen atoms in total. The molecule has 1 N–H and O–H groups in total. The van der Waals surface area contributed by atoms with Crippen molar-refractivity contribution < 1.29 is 23.7 Å². The molecule has 0 bridgehead atoms. The van der Waals surface area contributed by atoms with Gasteiger partial charge < -0.3 is 29.2 Å². The fraction of sp³-hybridized carbons (Fsp3) is 0.500. The average molecular weight is 296 g/mol. The molecule has 0 aliphatic carbocycles. The quantitative estimate of drug-likeness (QED) is 0.826. The van der Waals surface area contributed by atoms with Gasteiger partial charge in [0.25, 0.3) is 0 Å². The highest BCUT2D eigenvalue weighted by atomic mass is 16.7. The predicted molar refractivity (Wildman–Crippen MR) is 76.9 cm³/mol. The Balaban J connectivity index is 1.96. The van der Waals surface area contributed by atoms with Crippen LogP contribution in [0.2, 0.25) is 0 Å². The van der Waals surface area contributed by atoms with Crippen LogP contribution in [0.15, 0.2) is 18.2 Å². The molecule has 1 heterocycles. The van der Waals surface area contributed by atoms with Gasteiger partial charge in [-0.2, -0.15) is 0 Å². The second kappa shape index (κ2) is 7.70. The first-order chi connectivity index (χ1) is 10.2. The zero-order valence-corrected chi connectivity index (χ0v) is 12.3. The van der Waals surface area contributed by atoms with E-state index in [0.717, 1.165) is 0 Å². The van der Waals surface area contributed by atoms with Crippen LogP contribution < -0.4 is 14.8 Å². The molecule has 21 heavy (non-hydrogen) atoms. The summed E-state index contributed by atoms with van der Waals surface area (Å²) in [6.45, 7) is 2.14. The van der Waals surface area contributed by atoms with Crippen molar-refractivity contribution in [2.45, 2.75) is 0 Å². The number of carbonyl (C=O) groups is 1. The van der Waals surface area contributed by atoms with Crippen LogP contribution in [0.4, 0.5) is 10.5 Å². The number of hydrogen-bond donors (Lipinski definition) is 1. The monoisotopic (exact) mass is 296 g/mol. The summed E-state index contributed by atoms with van der Waals surface area (Å²) in [5, 5.41) is 2.83. The first-order valence-electron chi connectivity index (χ1n) is 6.68. The number of amides is 2. The minimum absolute atomic E-state index is 0.206. The lowest BCUT2D eigenvalue weighted by Crippen LogP contribution is -2.39. The molecule has 0 aromatic heterocycles. The van der Waals surface area contributed by atoms with Crippen LogP contribution in [-0.2, 0) is 9.47 Å². The van der Waals surface area contributed by atoms with E-state index >= 15 is 0 Å². The SMILES string of the molecule is COCCN(CCOC)C(=O)Nc1ccc2c(c1)OCO2. The Morgan fingerprint density at radius 3 is 2.52 bits per heavy atom. The van der Waals surface area contributed by atoms with E-state index in [1.165, 1.54) is 0 Å². The van der Waals surface area contributed by atoms with E-state index in [1.807, 2.05) is 0 Å². The maximum Gasteiger partial charge on any atom is 0.322 e. The van der Waals surface area contributed by atoms with Gasteiger partial charge in [0.15, 0.2) is 11.5 Å². The summed E-state index contributed by atoms with van der Waals surface area (Å²) in [5.41, 5.74) is 0.657. The molecule has 1 aromatic rings. The van der Waals surface area contributed by atoms with E-state index in [9.17, 15) is 4.79 Å². The maximum atomic E-state index is 12.3. The molecule has 0 spiro atoms. The number of nitrogens with zero attached hydrogens (tertiary/aromatic N) is 1. The van der Waals surface area contributed by atoms with Gasteiger partial charge in [-0.15, -0.1) is 0 Å². The van der Waals surface area contributed by atoms with Gasteiger partial charge in [0.05, 0.1) is 13.2 Å². The third-order valence-corrected chi connectivity index (χ3v) is 3.04. The van der Waals surface area contributed by atoms with Crippen LogP contribution in [0.1, 0.15) is 0 Å². The molecule has 7 heteroatoms. The summed E-state index contributed by atoms with van der Waals surface area (Å²) in [4.78, 5) is 13.9. The van der Waals surface area contributed by atoms with Gasteiger partial charge in [-0.3, -0.25) is 0 Å². The molecule has 1 aromatic carbocycles. The van der Waals surface area contributed by atoms with Crippen LogP contribution in [-0.4, -0.2) is 58.2 Å². The third kappa shape index (κ3) is 4.24. The molecule has 2 rings (SSSR count). The highest BCUT2D eigenvalue weighted by Gasteiger charge is 2.16. The normalized spacial score (nSPS) is 12.3. The third-order valence-electron chi connectivity index (χ3n) is 3.04. The van der Waals surface area contributed by atoms with E-state index < -0.39 is 0 Å². The molecular weight excluding hydrogens is 276 g/mol. The zero-order valence-electron chi connectivity index (χ0n) is 12.3. The van der Waals surface area contributed by atoms with Crippen molar-refractivity contribution in [1.29, 1.82) is 0 Å². The minimum Gasteiger partial charge on any atom is -0.454 e. The van der Waals surface area contributed by atoms with Gasteiger partial charge in [-0.25, -0.2) is 4.79 Å². The van der Waals surface area contributed by atoms with E-state index in [0.29, 0.717) is 43.5 Å². The van der Waals surface area contributed by atoms with Crippen molar-refractivity contribution in [3.05, 3.63) is 18.2 Å². The summed E-state index contributed by atoms with van der Waals surface area (Å²) in [6, 6.07) is 5.08. The Kier molecular flexibility index (Phi) is 5.65. The molecule has 0 saturated heterocycles. The molecule has 0 fully saturated rings. The topological polar surface area (TPSA) is 69.3 Å². The molecular formula is C14H20N2O5. The smallest absolute Gasteiger partial charge is 0.322 e. The van der Waals surface area contributed by atoms with Gasteiger partial charge in [0, 0.05) is 39.1 Å². The number of fused-ring (bicyclic) bond motifs is 1. The Morgan fingerprint density at radius 1 is 1.19 bits per heavy atom. The van der Waals surface area contributed by atoms with Crippen molar-refractivity contribution in [3.8, 4) is 11.5 Å². The molecule has 0 radical (unpaired) electrons. The van der Waals surface area contributed by atoms with E-state index in [-0.39, 0.29) is 12.8 Å². The van der Waals surface area contributed by atoms with Gasteiger partial charge in [-0.05, 0) is 12.1 Å². The molecule has 0 unspecified atom stereocenters. The number of ether oxygens (including phenoxy) is 4. The fourth-order valence-electron chi connectivity index (χ4n) is 1.89. The summed E-state index contributed by atoms with van der Waals surface area (Å²) in [7, 11) is 3.20. The Morgan fingerprint density at radius 2 is 1.86 bits per heavy atom. The summed E-state index contributed by atoms with van der Waals surface area (Å²) >= 11 is 0. The predicted octanol–water partition coefficient (Wildman–Crippen LogP) is 1.54. The molecule has 2 amide bonds. The second-order valence-corrected chi connectivity index (χ2v) is 4.47. The lowest BCUT2D eigenvalue weighted by Gasteiger charge is -2.22. The highest BCUT2D eigenvalue weighted by Crippen LogP contribution is 2.34. The van der Waals surface area contributed by atoms with Crippen LogP contribution >= 0.6 is 0 Å². The number of carbonyl (C=O) groups excluding carboxylic acids is 1. The summed E-state index contributed by atoms with van der Waals surface area (Å²) in [5.74, 6) is 1.32. The lowest BCUT2D eigenvalue weighted by molar-refractivity contribution is 0.127. The summed E-state index contributed by atoms with van der Waals surface area (Å²) < 4.78 is 20.5. The van der Waals surface area contributed by atoms with Gasteiger partial charge in [-0.1, -0.05) is 0 Å². The average Bonchev–Trinajstić information content (AvgIpc) is 2.95. The van der Waals surface area contributed by atoms with Crippen molar-refractivity contribution in [2.24, 2.45) is 0 Å². The van der Waals surface area contributed by atoms with E-state index in [4.69, 9.17) is 18.9 Å². The number of hydrogen-bond acceptors (Lipinski definition) is 5. The first-order valence-corrected chi connectivity index (χ1v) is 6.68. The Bertz CT molecular complexity index is 472. The molecule has 1 aliphatic rings. The van der Waals surface area contributed by atoms with Crippen LogP contribution in [0.25, 0.3) is 0 Å². The number of benzene rings is 1. The largest absolute Gasteiger partial charge is 0.454 e. The highest BCUT2D eigenvalue weighted by molar-refractivity contribution is 5.89. The maximum absolute atomic E-state index is 12.3. The molecule has 0 saturated carbocycles. The minimum atomic E-state index is -0.206. The van der Waals surface area contributed by atoms with E-state index in [2.05, 4.69) is 5.32 Å². The Labute approximate surface area is 123 Å². The van der Waals surface area contributed by atoms with Crippen molar-refractivity contribution in [2.75, 3.05) is 52.6 Å². The molecule has 116 valence electrons. The van der Waals surface area contributed by atoms with Crippen LogP contribution in [0.5, 0.6) is 11.5 Å². The number of rotatable bonds is 7. The van der Waals surface area contributed by atoms with Gasteiger partial charge in [0.2, 0.25) is 6.79 Å². The Hall–Kier alpha value is -1.99. The molecule has 1 aliphatic heterocycles. The zero-order chi connectivity index (χ0) is 15.1. The molecule has 0 atom stereocenters. The second-order valence-electron chi connectivity index (χ2n) is 4.47. The summed E-state index contributed by atoms with van der Waals surface area (Å²) in [6.07, 6.45) is 0. The van der Waals surface area contributed by atoms with Gasteiger partial charge >= 0.3 is 6.03 Å². The first kappa shape index (κ1) is 15.4. The number of anilines is 1. The van der Waals surface area contributed by atoms with Crippen molar-refractivity contribution >= 4 is 11.7 Å². The number of nitrogens with one attached hydrogen (secondary N) is 1.